The largest absolute Gasteiger partial charge is 0.348 e. The average Bonchev–Trinajstić information content (AvgIpc) is 3.72. The van der Waals surface area contributed by atoms with E-state index in [0.717, 1.165) is 28.9 Å². The molecular weight excluding hydrogens is 556 g/mol. The monoisotopic (exact) mass is 589 g/mol. The van der Waals surface area contributed by atoms with Crippen LogP contribution in [0.3, 0.4) is 0 Å². The van der Waals surface area contributed by atoms with Crippen molar-refractivity contribution >= 4 is 46.3 Å². The lowest BCUT2D eigenvalue weighted by atomic mass is 9.99. The van der Waals surface area contributed by atoms with Crippen molar-refractivity contribution in [3.8, 4) is 0 Å². The summed E-state index contributed by atoms with van der Waals surface area (Å²) in [6.07, 6.45) is 4.84. The maximum atomic E-state index is 14.5. The molecule has 4 amide bonds. The Morgan fingerprint density at radius 1 is 1.09 bits per heavy atom. The zero-order valence-corrected chi connectivity index (χ0v) is 23.9. The fourth-order valence-electron chi connectivity index (χ4n) is 5.18. The van der Waals surface area contributed by atoms with Crippen molar-refractivity contribution < 1.29 is 28.0 Å². The number of carbonyl (C=O) groups is 4. The maximum absolute atomic E-state index is 14.5. The molecule has 2 fully saturated rings. The van der Waals surface area contributed by atoms with E-state index in [-0.39, 0.29) is 24.6 Å². The number of benzene rings is 2. The number of rotatable bonds is 9. The number of halogens is 2. The van der Waals surface area contributed by atoms with Crippen LogP contribution in [-0.4, -0.2) is 58.8 Å². The Morgan fingerprint density at radius 2 is 1.88 bits per heavy atom. The summed E-state index contributed by atoms with van der Waals surface area (Å²) in [4.78, 5) is 56.1. The van der Waals surface area contributed by atoms with Crippen LogP contribution >= 0.6 is 0 Å². The minimum atomic E-state index is -1.40. The number of nitrogens with zero attached hydrogens (tertiary/aromatic N) is 2. The molecule has 3 atom stereocenters. The maximum Gasteiger partial charge on any atom is 0.270 e. The highest BCUT2D eigenvalue weighted by atomic mass is 19.1. The van der Waals surface area contributed by atoms with Gasteiger partial charge in [-0.3, -0.25) is 19.2 Å². The second-order valence-corrected chi connectivity index (χ2v) is 11.1. The van der Waals surface area contributed by atoms with E-state index in [0.29, 0.717) is 22.5 Å². The molecular formula is C32H33F2N5O4. The Labute approximate surface area is 247 Å². The normalized spacial score (nSPS) is 18.9. The quantitative estimate of drug-likeness (QED) is 0.344. The first kappa shape index (κ1) is 29.8. The number of pyridine rings is 1. The van der Waals surface area contributed by atoms with Crippen LogP contribution in [0.25, 0.3) is 17.0 Å². The molecule has 1 saturated carbocycles. The highest BCUT2D eigenvalue weighted by Gasteiger charge is 2.40. The van der Waals surface area contributed by atoms with Crippen LogP contribution in [0, 0.1) is 11.7 Å². The Kier molecular flexibility index (Phi) is 8.79. The molecule has 2 aromatic carbocycles. The Morgan fingerprint density at radius 3 is 2.63 bits per heavy atom. The van der Waals surface area contributed by atoms with Crippen molar-refractivity contribution in [1.82, 2.24) is 20.5 Å². The second-order valence-electron chi connectivity index (χ2n) is 11.1. The standard InChI is InChI=1S/C32H33F2N5O4/c1-18(26-15-25(37-19(2)40)10-7-21(26)6-5-20-3-4-20)36-32(43)29-14-24(34)17-39(29)30(41)16-35-31(42)28-11-8-22-13-23(33)9-12-27(22)38-28/h5-13,15,18,20,24,29H,3-4,14,16-17H2,1-2H3,(H,35,42)(H,36,43)(H,37,40)/b6-5+/t18-,24+,29-/m0/s1. The summed E-state index contributed by atoms with van der Waals surface area (Å²) in [5.41, 5.74) is 2.68. The number of nitrogens with one attached hydrogen (secondary N) is 3. The number of likely N-dealkylation sites (tertiary alicyclic amines) is 1. The number of allylic oxidation sites excluding steroid dienone is 1. The van der Waals surface area contributed by atoms with Crippen molar-refractivity contribution in [2.45, 2.75) is 51.4 Å². The molecule has 0 spiro atoms. The van der Waals surface area contributed by atoms with Gasteiger partial charge < -0.3 is 20.9 Å². The summed E-state index contributed by atoms with van der Waals surface area (Å²) in [6.45, 7) is 2.48. The Balaban J connectivity index is 1.24. The lowest BCUT2D eigenvalue weighted by Crippen LogP contribution is -2.49. The molecule has 1 aromatic heterocycles. The third-order valence-electron chi connectivity index (χ3n) is 7.56. The van der Waals surface area contributed by atoms with Gasteiger partial charge in [-0.05, 0) is 73.2 Å². The van der Waals surface area contributed by atoms with Crippen molar-refractivity contribution in [1.29, 1.82) is 0 Å². The summed E-state index contributed by atoms with van der Waals surface area (Å²) in [6, 6.07) is 10.8. The van der Waals surface area contributed by atoms with E-state index in [1.165, 1.54) is 31.2 Å². The number of alkyl halides is 1. The van der Waals surface area contributed by atoms with Gasteiger partial charge in [0.2, 0.25) is 17.7 Å². The highest BCUT2D eigenvalue weighted by Crippen LogP contribution is 2.32. The smallest absolute Gasteiger partial charge is 0.270 e. The van der Waals surface area contributed by atoms with Gasteiger partial charge in [0, 0.05) is 24.4 Å². The molecule has 2 aliphatic rings. The van der Waals surface area contributed by atoms with E-state index in [4.69, 9.17) is 0 Å². The van der Waals surface area contributed by atoms with Crippen molar-refractivity contribution in [3.05, 3.63) is 77.2 Å². The van der Waals surface area contributed by atoms with Crippen LogP contribution in [0.5, 0.6) is 0 Å². The predicted molar refractivity (Wildman–Crippen MR) is 158 cm³/mol. The Hall–Kier alpha value is -4.67. The zero-order chi connectivity index (χ0) is 30.7. The first-order valence-electron chi connectivity index (χ1n) is 14.3. The second kappa shape index (κ2) is 12.7. The minimum absolute atomic E-state index is 0.0350. The van der Waals surface area contributed by atoms with Gasteiger partial charge in [-0.2, -0.15) is 0 Å². The van der Waals surface area contributed by atoms with Crippen molar-refractivity contribution in [2.24, 2.45) is 5.92 Å². The van der Waals surface area contributed by atoms with Crippen LogP contribution in [0.1, 0.15) is 60.8 Å². The fraction of sp³-hybridized carbons (Fsp3) is 0.344. The van der Waals surface area contributed by atoms with E-state index in [1.54, 1.807) is 25.1 Å². The van der Waals surface area contributed by atoms with Crippen molar-refractivity contribution in [2.75, 3.05) is 18.4 Å². The number of amides is 4. The van der Waals surface area contributed by atoms with Gasteiger partial charge in [0.15, 0.2) is 0 Å². The SMILES string of the molecule is CC(=O)Nc1ccc(/C=C/C2CC2)c([C@H](C)NC(=O)[C@@H]2C[C@@H](F)CN2C(=O)CNC(=O)c2ccc3cc(F)ccc3n2)c1. The first-order chi connectivity index (χ1) is 20.6. The molecule has 0 bridgehead atoms. The third-order valence-corrected chi connectivity index (χ3v) is 7.56. The Bertz CT molecular complexity index is 1610. The summed E-state index contributed by atoms with van der Waals surface area (Å²) in [5, 5.41) is 8.67. The topological polar surface area (TPSA) is 121 Å². The van der Waals surface area contributed by atoms with Gasteiger partial charge >= 0.3 is 0 Å². The summed E-state index contributed by atoms with van der Waals surface area (Å²) >= 11 is 0. The van der Waals surface area contributed by atoms with Crippen LogP contribution in [0.15, 0.2) is 54.6 Å². The molecule has 3 N–H and O–H groups in total. The average molecular weight is 590 g/mol. The van der Waals surface area contributed by atoms with Crippen molar-refractivity contribution in [3.63, 3.8) is 0 Å². The number of aromatic nitrogens is 1. The van der Waals surface area contributed by atoms with E-state index in [9.17, 15) is 28.0 Å². The number of fused-ring (bicyclic) bond motifs is 1. The summed E-state index contributed by atoms with van der Waals surface area (Å²) in [5.74, 6) is -1.86. The van der Waals surface area contributed by atoms with E-state index in [1.807, 2.05) is 12.1 Å². The van der Waals surface area contributed by atoms with E-state index < -0.39 is 48.3 Å². The summed E-state index contributed by atoms with van der Waals surface area (Å²) in [7, 11) is 0. The van der Waals surface area contributed by atoms with Gasteiger partial charge in [-0.25, -0.2) is 13.8 Å². The van der Waals surface area contributed by atoms with Gasteiger partial charge in [-0.15, -0.1) is 0 Å². The molecule has 1 aliphatic heterocycles. The lowest BCUT2D eigenvalue weighted by molar-refractivity contribution is -0.138. The number of hydrogen-bond donors (Lipinski definition) is 3. The molecule has 43 heavy (non-hydrogen) atoms. The van der Waals surface area contributed by atoms with Crippen LogP contribution < -0.4 is 16.0 Å². The first-order valence-corrected chi connectivity index (χ1v) is 14.3. The van der Waals surface area contributed by atoms with Crippen LogP contribution in [0.2, 0.25) is 0 Å². The lowest BCUT2D eigenvalue weighted by Gasteiger charge is -2.26. The molecule has 224 valence electrons. The molecule has 5 rings (SSSR count). The zero-order valence-electron chi connectivity index (χ0n) is 23.9. The molecule has 1 aliphatic carbocycles. The number of hydrogen-bond acceptors (Lipinski definition) is 5. The minimum Gasteiger partial charge on any atom is -0.348 e. The molecule has 11 heteroatoms. The highest BCUT2D eigenvalue weighted by molar-refractivity contribution is 5.97. The molecule has 1 saturated heterocycles. The van der Waals surface area contributed by atoms with Crippen LogP contribution in [-0.2, 0) is 14.4 Å². The van der Waals surface area contributed by atoms with Gasteiger partial charge in [-0.1, -0.05) is 24.3 Å². The summed E-state index contributed by atoms with van der Waals surface area (Å²) < 4.78 is 28.0. The fourth-order valence-corrected chi connectivity index (χ4v) is 5.18. The van der Waals surface area contributed by atoms with Crippen LogP contribution in [0.4, 0.5) is 14.5 Å². The third kappa shape index (κ3) is 7.40. The molecule has 0 unspecified atom stereocenters. The molecule has 3 aromatic rings. The van der Waals surface area contributed by atoms with E-state index >= 15 is 0 Å². The molecule has 9 nitrogen and oxygen atoms in total. The van der Waals surface area contributed by atoms with Gasteiger partial charge in [0.1, 0.15) is 23.7 Å². The van der Waals surface area contributed by atoms with Gasteiger partial charge in [0.05, 0.1) is 24.6 Å². The number of carbonyl (C=O) groups excluding carboxylic acids is 4. The van der Waals surface area contributed by atoms with E-state index in [2.05, 4.69) is 27.0 Å². The number of anilines is 1. The van der Waals surface area contributed by atoms with Gasteiger partial charge in [0.25, 0.3) is 5.91 Å². The predicted octanol–water partition coefficient (Wildman–Crippen LogP) is 4.30. The molecule has 0 radical (unpaired) electrons. The molecule has 2 heterocycles.